The number of amides is 2. The Balaban J connectivity index is 1.35. The van der Waals surface area contributed by atoms with Crippen molar-refractivity contribution in [1.82, 2.24) is 15.6 Å². The zero-order valence-electron chi connectivity index (χ0n) is 14.7. The molecule has 138 valence electrons. The summed E-state index contributed by atoms with van der Waals surface area (Å²) in [6, 6.07) is 13.5. The van der Waals surface area contributed by atoms with Gasteiger partial charge in [0.25, 0.3) is 5.91 Å². The quantitative estimate of drug-likeness (QED) is 0.635. The number of carbonyl (C=O) groups is 2. The van der Waals surface area contributed by atoms with Gasteiger partial charge in [0.15, 0.2) is 0 Å². The summed E-state index contributed by atoms with van der Waals surface area (Å²) in [7, 11) is 0. The van der Waals surface area contributed by atoms with Gasteiger partial charge in [0.1, 0.15) is 0 Å². The number of aromatic nitrogens is 1. The number of nitrogens with one attached hydrogen (secondary N) is 3. The number of hydrogen-bond acceptors (Lipinski definition) is 5. The number of pyridine rings is 1. The van der Waals surface area contributed by atoms with Gasteiger partial charge in [-0.2, -0.15) is 0 Å². The maximum absolute atomic E-state index is 12.3. The molecule has 1 aromatic carbocycles. The second-order valence-electron chi connectivity index (χ2n) is 6.46. The van der Waals surface area contributed by atoms with Crippen LogP contribution in [-0.4, -0.2) is 29.9 Å². The van der Waals surface area contributed by atoms with Crippen LogP contribution in [0.1, 0.15) is 33.4 Å². The molecular formula is C20H20N4O2S. The molecule has 27 heavy (non-hydrogen) atoms. The van der Waals surface area contributed by atoms with Crippen LogP contribution >= 0.6 is 11.3 Å². The molecule has 0 aliphatic carbocycles. The molecule has 1 fully saturated rings. The number of nitrogens with zero attached hydrogens (tertiary/aromatic N) is 1. The first-order chi connectivity index (χ1) is 13.2. The lowest BCUT2D eigenvalue weighted by Crippen LogP contribution is -2.32. The van der Waals surface area contributed by atoms with E-state index in [4.69, 9.17) is 0 Å². The van der Waals surface area contributed by atoms with Crippen molar-refractivity contribution >= 4 is 39.7 Å². The molecule has 3 N–H and O–H groups in total. The van der Waals surface area contributed by atoms with Gasteiger partial charge in [-0.1, -0.05) is 18.2 Å². The summed E-state index contributed by atoms with van der Waals surface area (Å²) in [4.78, 5) is 30.7. The zero-order chi connectivity index (χ0) is 18.6. The average Bonchev–Trinajstić information content (AvgIpc) is 3.38. The monoisotopic (exact) mass is 380 g/mol. The molecule has 0 bridgehead atoms. The van der Waals surface area contributed by atoms with Gasteiger partial charge in [0, 0.05) is 22.5 Å². The Morgan fingerprint density at radius 3 is 2.93 bits per heavy atom. The first-order valence-corrected chi connectivity index (χ1v) is 9.77. The lowest BCUT2D eigenvalue weighted by molar-refractivity contribution is -0.115. The molecule has 3 aromatic rings. The average molecular weight is 380 g/mol. The number of benzene rings is 1. The van der Waals surface area contributed by atoms with Gasteiger partial charge in [-0.05, 0) is 43.7 Å². The highest BCUT2D eigenvalue weighted by Gasteiger charge is 2.19. The van der Waals surface area contributed by atoms with E-state index in [2.05, 4.69) is 20.9 Å². The fourth-order valence-corrected chi connectivity index (χ4v) is 4.27. The van der Waals surface area contributed by atoms with Crippen molar-refractivity contribution in [2.45, 2.75) is 18.9 Å². The molecule has 1 unspecified atom stereocenters. The molecule has 1 aliphatic heterocycles. The van der Waals surface area contributed by atoms with E-state index in [0.717, 1.165) is 30.3 Å². The van der Waals surface area contributed by atoms with Gasteiger partial charge in [-0.15, -0.1) is 11.3 Å². The number of fused-ring (bicyclic) bond motifs is 1. The molecule has 4 rings (SSSR count). The van der Waals surface area contributed by atoms with E-state index in [-0.39, 0.29) is 18.4 Å². The summed E-state index contributed by atoms with van der Waals surface area (Å²) >= 11 is 1.48. The second-order valence-corrected chi connectivity index (χ2v) is 7.58. The van der Waals surface area contributed by atoms with Crippen LogP contribution in [0.3, 0.4) is 0 Å². The third-order valence-electron chi connectivity index (χ3n) is 4.57. The molecular weight excluding hydrogens is 360 g/mol. The van der Waals surface area contributed by atoms with E-state index in [1.807, 2.05) is 36.4 Å². The summed E-state index contributed by atoms with van der Waals surface area (Å²) in [6.45, 7) is 0.935. The highest BCUT2D eigenvalue weighted by atomic mass is 32.1. The van der Waals surface area contributed by atoms with Gasteiger partial charge in [0.2, 0.25) is 5.91 Å². The van der Waals surface area contributed by atoms with Gasteiger partial charge in [0.05, 0.1) is 22.6 Å². The van der Waals surface area contributed by atoms with Gasteiger partial charge in [-0.3, -0.25) is 14.6 Å². The van der Waals surface area contributed by atoms with E-state index in [1.54, 1.807) is 12.3 Å². The molecule has 0 saturated carbocycles. The van der Waals surface area contributed by atoms with Crippen molar-refractivity contribution in [2.75, 3.05) is 18.4 Å². The van der Waals surface area contributed by atoms with E-state index in [9.17, 15) is 9.59 Å². The molecule has 2 aromatic heterocycles. The Morgan fingerprint density at radius 1 is 1.19 bits per heavy atom. The Kier molecular flexibility index (Phi) is 5.13. The lowest BCUT2D eigenvalue weighted by Gasteiger charge is -2.09. The fourth-order valence-electron chi connectivity index (χ4n) is 3.24. The predicted molar refractivity (Wildman–Crippen MR) is 107 cm³/mol. The number of hydrogen-bond donors (Lipinski definition) is 3. The van der Waals surface area contributed by atoms with Gasteiger partial charge >= 0.3 is 0 Å². The van der Waals surface area contributed by atoms with Crippen molar-refractivity contribution in [1.29, 1.82) is 0 Å². The summed E-state index contributed by atoms with van der Waals surface area (Å²) in [6.07, 6.45) is 3.95. The van der Waals surface area contributed by atoms with Crippen molar-refractivity contribution < 1.29 is 9.59 Å². The third kappa shape index (κ3) is 3.99. The van der Waals surface area contributed by atoms with Gasteiger partial charge in [-0.25, -0.2) is 0 Å². The molecule has 6 nitrogen and oxygen atoms in total. The first-order valence-electron chi connectivity index (χ1n) is 8.95. The molecule has 0 spiro atoms. The third-order valence-corrected chi connectivity index (χ3v) is 5.77. The van der Waals surface area contributed by atoms with Crippen molar-refractivity contribution in [2.24, 2.45) is 0 Å². The van der Waals surface area contributed by atoms with Crippen LogP contribution in [0.25, 0.3) is 10.9 Å². The number of para-hydroxylation sites is 1. The van der Waals surface area contributed by atoms with Crippen LogP contribution in [0.5, 0.6) is 0 Å². The maximum Gasteiger partial charge on any atom is 0.261 e. The van der Waals surface area contributed by atoms with Crippen LogP contribution in [0.4, 0.5) is 5.69 Å². The predicted octanol–water partition coefficient (Wildman–Crippen LogP) is 3.09. The summed E-state index contributed by atoms with van der Waals surface area (Å²) < 4.78 is 0. The highest BCUT2D eigenvalue weighted by molar-refractivity contribution is 7.14. The summed E-state index contributed by atoms with van der Waals surface area (Å²) in [5.41, 5.74) is 1.37. The molecule has 1 aliphatic rings. The summed E-state index contributed by atoms with van der Waals surface area (Å²) in [5, 5.41) is 9.88. The maximum atomic E-state index is 12.3. The fraction of sp³-hybridized carbons (Fsp3) is 0.250. The van der Waals surface area contributed by atoms with E-state index in [0.29, 0.717) is 16.6 Å². The molecule has 0 radical (unpaired) electrons. The minimum absolute atomic E-state index is 0.0863. The standard InChI is InChI=1S/C20H20N4O2S/c25-18(24-15-6-1-4-13-5-2-11-22-19(13)15)12-23-20(26)17-9-8-16(27-17)14-7-3-10-21-14/h1-2,4-6,8-9,11,14,21H,3,7,10,12H2,(H,23,26)(H,24,25). The van der Waals surface area contributed by atoms with E-state index in [1.165, 1.54) is 16.2 Å². The van der Waals surface area contributed by atoms with Crippen molar-refractivity contribution in [3.63, 3.8) is 0 Å². The SMILES string of the molecule is O=C(CNC(=O)c1ccc(C2CCCN2)s1)Nc1cccc2cccnc12. The van der Waals surface area contributed by atoms with Crippen LogP contribution in [0.15, 0.2) is 48.7 Å². The summed E-state index contributed by atoms with van der Waals surface area (Å²) in [5.74, 6) is -0.508. The zero-order valence-corrected chi connectivity index (χ0v) is 15.5. The molecule has 1 saturated heterocycles. The lowest BCUT2D eigenvalue weighted by atomic mass is 10.2. The van der Waals surface area contributed by atoms with Crippen LogP contribution in [0, 0.1) is 0 Å². The number of thiophene rings is 1. The topological polar surface area (TPSA) is 83.1 Å². The van der Waals surface area contributed by atoms with Gasteiger partial charge < -0.3 is 16.0 Å². The van der Waals surface area contributed by atoms with Crippen molar-refractivity contribution in [3.05, 3.63) is 58.4 Å². The van der Waals surface area contributed by atoms with Crippen LogP contribution in [0.2, 0.25) is 0 Å². The number of anilines is 1. The minimum Gasteiger partial charge on any atom is -0.342 e. The smallest absolute Gasteiger partial charge is 0.261 e. The number of carbonyl (C=O) groups excluding carboxylic acids is 2. The van der Waals surface area contributed by atoms with Crippen LogP contribution < -0.4 is 16.0 Å². The molecule has 3 heterocycles. The Hall–Kier alpha value is -2.77. The normalized spacial score (nSPS) is 16.4. The first kappa shape index (κ1) is 17.6. The van der Waals surface area contributed by atoms with E-state index >= 15 is 0 Å². The minimum atomic E-state index is -0.282. The Bertz CT molecular complexity index is 974. The molecule has 2 amide bonds. The highest BCUT2D eigenvalue weighted by Crippen LogP contribution is 2.29. The Labute approximate surface area is 161 Å². The Morgan fingerprint density at radius 2 is 2.07 bits per heavy atom. The van der Waals surface area contributed by atoms with Crippen molar-refractivity contribution in [3.8, 4) is 0 Å². The molecule has 1 atom stereocenters. The second kappa shape index (κ2) is 7.85. The molecule has 7 heteroatoms. The number of rotatable bonds is 5. The van der Waals surface area contributed by atoms with Crippen LogP contribution in [-0.2, 0) is 4.79 Å². The van der Waals surface area contributed by atoms with E-state index < -0.39 is 0 Å². The largest absolute Gasteiger partial charge is 0.342 e.